The Labute approximate surface area is 344 Å². The second-order valence-corrected chi connectivity index (χ2v) is 15.9. The van der Waals surface area contributed by atoms with E-state index in [0.29, 0.717) is 32.6 Å². The molecule has 0 atom stereocenters. The van der Waals surface area contributed by atoms with Crippen LogP contribution >= 0.6 is 0 Å². The van der Waals surface area contributed by atoms with E-state index in [9.17, 15) is 18.4 Å². The average Bonchev–Trinajstić information content (AvgIpc) is 4.12. The predicted molar refractivity (Wildman–Crippen MR) is 227 cm³/mol. The zero-order valence-corrected chi connectivity index (χ0v) is 33.9. The summed E-state index contributed by atoms with van der Waals surface area (Å²) in [6, 6.07) is 26.1. The van der Waals surface area contributed by atoms with Crippen molar-refractivity contribution in [1.29, 1.82) is 0 Å². The number of aromatic nitrogens is 2. The topological polar surface area (TPSA) is 84.9 Å². The fourth-order valence-corrected chi connectivity index (χ4v) is 8.26. The Morgan fingerprint density at radius 1 is 0.627 bits per heavy atom. The van der Waals surface area contributed by atoms with Crippen molar-refractivity contribution in [3.8, 4) is 33.8 Å². The minimum Gasteiger partial charge on any atom is -0.487 e. The third-order valence-corrected chi connectivity index (χ3v) is 11.9. The van der Waals surface area contributed by atoms with Crippen LogP contribution in [-0.2, 0) is 9.59 Å². The highest BCUT2D eigenvalue weighted by atomic mass is 19.1. The van der Waals surface area contributed by atoms with Crippen LogP contribution < -0.4 is 9.47 Å². The van der Waals surface area contributed by atoms with Crippen LogP contribution in [0, 0.1) is 31.4 Å². The minimum absolute atomic E-state index is 0.0577. The quantitative estimate of drug-likeness (QED) is 0.153. The first-order valence-corrected chi connectivity index (χ1v) is 20.8. The first-order valence-electron chi connectivity index (χ1n) is 20.8. The van der Waals surface area contributed by atoms with Gasteiger partial charge in [0.15, 0.2) is 23.1 Å². The highest BCUT2D eigenvalue weighted by Crippen LogP contribution is 2.35. The van der Waals surface area contributed by atoms with E-state index in [1.165, 1.54) is 12.1 Å². The number of ether oxygens (including phenoxy) is 2. The van der Waals surface area contributed by atoms with Crippen LogP contribution in [0.3, 0.4) is 0 Å². The van der Waals surface area contributed by atoms with E-state index in [0.717, 1.165) is 93.7 Å². The normalized spacial score (nSPS) is 16.2. The molecule has 59 heavy (non-hydrogen) atoms. The molecule has 3 fully saturated rings. The van der Waals surface area contributed by atoms with Crippen molar-refractivity contribution >= 4 is 33.6 Å². The summed E-state index contributed by atoms with van der Waals surface area (Å²) in [7, 11) is 0. The highest BCUT2D eigenvalue weighted by molar-refractivity contribution is 5.89. The molecule has 0 spiro atoms. The maximum atomic E-state index is 14.8. The Kier molecular flexibility index (Phi) is 11.9. The smallest absolute Gasteiger partial charge is 0.225 e. The molecule has 10 heteroatoms. The molecule has 4 aromatic carbocycles. The summed E-state index contributed by atoms with van der Waals surface area (Å²) in [5, 5.41) is 2.14. The van der Waals surface area contributed by atoms with Gasteiger partial charge in [-0.05, 0) is 85.3 Å². The number of rotatable bonds is 8. The Morgan fingerprint density at radius 2 is 1.07 bits per heavy atom. The van der Waals surface area contributed by atoms with Gasteiger partial charge < -0.3 is 19.3 Å². The van der Waals surface area contributed by atoms with E-state index < -0.39 is 0 Å². The van der Waals surface area contributed by atoms with Crippen molar-refractivity contribution in [1.82, 2.24) is 19.8 Å². The Bertz CT molecular complexity index is 2490. The molecular formula is C49H50F2N4O4. The molecule has 9 rings (SSSR count). The largest absolute Gasteiger partial charge is 0.487 e. The number of aryl methyl sites for hydroxylation is 2. The molecule has 304 valence electrons. The summed E-state index contributed by atoms with van der Waals surface area (Å²) in [5.74, 6) is 0.499. The summed E-state index contributed by atoms with van der Waals surface area (Å²) in [6.07, 6.45) is 8.98. The van der Waals surface area contributed by atoms with E-state index >= 15 is 0 Å². The molecule has 4 heterocycles. The Balaban J connectivity index is 0.000000164. The number of nitrogens with zero attached hydrogens (tertiary/aromatic N) is 4. The van der Waals surface area contributed by atoms with E-state index in [1.54, 1.807) is 24.5 Å². The van der Waals surface area contributed by atoms with Gasteiger partial charge in [0.05, 0.1) is 11.0 Å². The van der Waals surface area contributed by atoms with Crippen molar-refractivity contribution in [2.24, 2.45) is 5.92 Å². The molecule has 2 amide bonds. The lowest BCUT2D eigenvalue weighted by Gasteiger charge is -2.32. The van der Waals surface area contributed by atoms with Crippen molar-refractivity contribution in [2.75, 3.05) is 26.2 Å². The molecular weight excluding hydrogens is 747 g/mol. The molecule has 0 unspecified atom stereocenters. The van der Waals surface area contributed by atoms with Gasteiger partial charge in [-0.15, -0.1) is 0 Å². The number of halogens is 2. The lowest BCUT2D eigenvalue weighted by molar-refractivity contribution is -0.134. The second kappa shape index (κ2) is 17.5. The number of para-hydroxylation sites is 2. The zero-order valence-electron chi connectivity index (χ0n) is 33.9. The molecule has 1 saturated carbocycles. The Hall–Kier alpha value is -5.90. The second-order valence-electron chi connectivity index (χ2n) is 15.9. The zero-order chi connectivity index (χ0) is 41.0. The van der Waals surface area contributed by atoms with Crippen LogP contribution in [0.25, 0.3) is 44.1 Å². The van der Waals surface area contributed by atoms with Gasteiger partial charge in [-0.3, -0.25) is 19.6 Å². The average molecular weight is 797 g/mol. The number of pyridine rings is 2. The number of piperidine rings is 2. The number of carbonyl (C=O) groups is 2. The molecule has 0 bridgehead atoms. The van der Waals surface area contributed by atoms with Gasteiger partial charge in [0, 0.05) is 98.5 Å². The van der Waals surface area contributed by atoms with Crippen LogP contribution in [0.5, 0.6) is 11.5 Å². The molecule has 3 aliphatic rings. The molecule has 2 saturated heterocycles. The fourth-order valence-electron chi connectivity index (χ4n) is 8.26. The number of amides is 2. The van der Waals surface area contributed by atoms with E-state index in [2.05, 4.69) is 9.97 Å². The van der Waals surface area contributed by atoms with Crippen LogP contribution in [0.1, 0.15) is 63.0 Å². The summed E-state index contributed by atoms with van der Waals surface area (Å²) in [6.45, 7) is 8.67. The SMILES string of the molecule is CCC(=O)N1CCC(Oc2ccc(-c3cnc4ccccc4c3C)cc2F)CC1.Cc1c(-c2ccc(OC3CCN(C(=O)C4CC4)CC3)c(F)c2)cnc2ccccc12. The predicted octanol–water partition coefficient (Wildman–Crippen LogP) is 10.3. The van der Waals surface area contributed by atoms with Crippen molar-refractivity contribution in [3.63, 3.8) is 0 Å². The highest BCUT2D eigenvalue weighted by Gasteiger charge is 2.35. The summed E-state index contributed by atoms with van der Waals surface area (Å²) < 4.78 is 41.5. The lowest BCUT2D eigenvalue weighted by Crippen LogP contribution is -2.42. The van der Waals surface area contributed by atoms with Crippen molar-refractivity contribution < 1.29 is 27.8 Å². The molecule has 6 aromatic rings. The van der Waals surface area contributed by atoms with Gasteiger partial charge in [0.25, 0.3) is 0 Å². The summed E-state index contributed by atoms with van der Waals surface area (Å²) in [5.41, 5.74) is 7.45. The van der Waals surface area contributed by atoms with Crippen LogP contribution in [0.4, 0.5) is 8.78 Å². The number of carbonyl (C=O) groups excluding carboxylic acids is 2. The summed E-state index contributed by atoms with van der Waals surface area (Å²) >= 11 is 0. The minimum atomic E-state index is -0.373. The van der Waals surface area contributed by atoms with Crippen LogP contribution in [0.2, 0.25) is 0 Å². The monoisotopic (exact) mass is 796 g/mol. The number of hydrogen-bond acceptors (Lipinski definition) is 6. The maximum Gasteiger partial charge on any atom is 0.225 e. The standard InChI is InChI=1S/C25H25FN2O2.C24H25FN2O2/c1-16-20-4-2-3-5-23(20)27-15-21(16)18-8-9-24(22(26)14-18)30-19-10-12-28(13-11-19)25(29)17-6-7-17;1-3-24(28)27-12-10-18(11-13-27)29-23-9-8-17(14-21(23)25)20-15-26-22-7-5-4-6-19(22)16(20)2/h2-5,8-9,14-15,17,19H,6-7,10-13H2,1H3;4-9,14-15,18H,3,10-13H2,1-2H3. The van der Waals surface area contributed by atoms with E-state index in [1.807, 2.05) is 91.2 Å². The van der Waals surface area contributed by atoms with E-state index in [-0.39, 0.29) is 53.1 Å². The lowest BCUT2D eigenvalue weighted by atomic mass is 9.99. The van der Waals surface area contributed by atoms with Gasteiger partial charge in [0.1, 0.15) is 12.2 Å². The first-order chi connectivity index (χ1) is 28.7. The molecule has 8 nitrogen and oxygen atoms in total. The number of benzene rings is 4. The fraction of sp³-hybridized carbons (Fsp3) is 0.347. The maximum absolute atomic E-state index is 14.8. The van der Waals surface area contributed by atoms with Gasteiger partial charge in [-0.25, -0.2) is 8.78 Å². The van der Waals surface area contributed by atoms with Crippen LogP contribution in [0.15, 0.2) is 97.3 Å². The third-order valence-electron chi connectivity index (χ3n) is 11.9. The van der Waals surface area contributed by atoms with Gasteiger partial charge >= 0.3 is 0 Å². The van der Waals surface area contributed by atoms with Gasteiger partial charge in [0.2, 0.25) is 11.8 Å². The number of fused-ring (bicyclic) bond motifs is 2. The third kappa shape index (κ3) is 8.92. The molecule has 2 aromatic heterocycles. The number of likely N-dealkylation sites (tertiary alicyclic amines) is 2. The van der Waals surface area contributed by atoms with Crippen molar-refractivity contribution in [2.45, 2.75) is 77.9 Å². The number of hydrogen-bond donors (Lipinski definition) is 0. The van der Waals surface area contributed by atoms with Gasteiger partial charge in [-0.2, -0.15) is 0 Å². The van der Waals surface area contributed by atoms with Crippen molar-refractivity contribution in [3.05, 3.63) is 120 Å². The summed E-state index contributed by atoms with van der Waals surface area (Å²) in [4.78, 5) is 36.8. The first kappa shape index (κ1) is 39.9. The van der Waals surface area contributed by atoms with E-state index in [4.69, 9.17) is 9.47 Å². The molecule has 0 radical (unpaired) electrons. The molecule has 1 aliphatic carbocycles. The van der Waals surface area contributed by atoms with Crippen LogP contribution in [-0.4, -0.2) is 70.0 Å². The Morgan fingerprint density at radius 3 is 1.49 bits per heavy atom. The molecule has 0 N–H and O–H groups in total. The van der Waals surface area contributed by atoms with Gasteiger partial charge in [-0.1, -0.05) is 55.5 Å². The molecule has 2 aliphatic heterocycles.